The number of amides is 1. The Morgan fingerprint density at radius 2 is 1.97 bits per heavy atom. The topological polar surface area (TPSA) is 94.3 Å². The third-order valence-electron chi connectivity index (χ3n) is 5.17. The number of pyridine rings is 1. The molecule has 1 aliphatic rings. The molecule has 3 aromatic heterocycles. The van der Waals surface area contributed by atoms with Gasteiger partial charge in [-0.3, -0.25) is 0 Å². The average molecular weight is 426 g/mol. The molecule has 1 amide bonds. The van der Waals surface area contributed by atoms with E-state index >= 15 is 0 Å². The van der Waals surface area contributed by atoms with Gasteiger partial charge in [0, 0.05) is 51.2 Å². The van der Waals surface area contributed by atoms with Crippen LogP contribution in [0.15, 0.2) is 36.8 Å². The second-order valence-electron chi connectivity index (χ2n) is 7.30. The highest BCUT2D eigenvalue weighted by Gasteiger charge is 2.25. The molecule has 1 aliphatic heterocycles. The van der Waals surface area contributed by atoms with E-state index in [1.807, 2.05) is 31.3 Å². The number of nitrogens with zero attached hydrogens (tertiary/aromatic N) is 6. The van der Waals surface area contributed by atoms with Crippen LogP contribution in [0.2, 0.25) is 0 Å². The Balaban J connectivity index is 1.49. The van der Waals surface area contributed by atoms with Crippen molar-refractivity contribution in [2.75, 3.05) is 51.9 Å². The molecule has 1 saturated heterocycles. The predicted octanol–water partition coefficient (Wildman–Crippen LogP) is 2.09. The van der Waals surface area contributed by atoms with Crippen LogP contribution in [0.4, 0.5) is 10.6 Å². The molecule has 0 bridgehead atoms. The van der Waals surface area contributed by atoms with Gasteiger partial charge in [0.2, 0.25) is 5.88 Å². The van der Waals surface area contributed by atoms with E-state index in [0.717, 1.165) is 22.6 Å². The number of carbonyl (C=O) groups is 1. The van der Waals surface area contributed by atoms with Gasteiger partial charge in [-0.1, -0.05) is 0 Å². The Hall–Kier alpha value is -3.40. The van der Waals surface area contributed by atoms with Gasteiger partial charge in [0.15, 0.2) is 5.65 Å². The number of carbonyl (C=O) groups excluding carboxylic acids is 1. The largest absolute Gasteiger partial charge is 0.481 e. The van der Waals surface area contributed by atoms with Gasteiger partial charge in [-0.25, -0.2) is 19.3 Å². The van der Waals surface area contributed by atoms with Crippen LogP contribution in [-0.2, 0) is 9.47 Å². The molecule has 1 fully saturated rings. The molecule has 0 aliphatic carbocycles. The molecule has 0 spiro atoms. The highest BCUT2D eigenvalue weighted by Crippen LogP contribution is 2.31. The van der Waals surface area contributed by atoms with Crippen LogP contribution < -0.4 is 9.64 Å². The molecule has 0 N–H and O–H groups in total. The summed E-state index contributed by atoms with van der Waals surface area (Å²) in [4.78, 5) is 25.3. The van der Waals surface area contributed by atoms with Crippen molar-refractivity contribution in [3.8, 4) is 17.0 Å². The summed E-state index contributed by atoms with van der Waals surface area (Å²) in [6.45, 7) is 4.65. The highest BCUT2D eigenvalue weighted by molar-refractivity contribution is 5.80. The SMILES string of the molecule is COCC(C)OC(=O)N1CCN(c2ccn3ncc(-c4cccnc4OC)c3n2)CC1. The van der Waals surface area contributed by atoms with Crippen molar-refractivity contribution in [2.24, 2.45) is 0 Å². The van der Waals surface area contributed by atoms with E-state index in [1.54, 1.807) is 36.0 Å². The van der Waals surface area contributed by atoms with E-state index in [0.29, 0.717) is 38.7 Å². The Kier molecular flexibility index (Phi) is 6.17. The van der Waals surface area contributed by atoms with Crippen LogP contribution in [0.5, 0.6) is 5.88 Å². The van der Waals surface area contributed by atoms with E-state index in [9.17, 15) is 4.79 Å². The lowest BCUT2D eigenvalue weighted by Gasteiger charge is -2.35. The first-order valence-corrected chi connectivity index (χ1v) is 10.1. The summed E-state index contributed by atoms with van der Waals surface area (Å²) in [7, 11) is 3.18. The number of rotatable bonds is 6. The van der Waals surface area contributed by atoms with Gasteiger partial charge in [0.1, 0.15) is 11.9 Å². The van der Waals surface area contributed by atoms with E-state index in [2.05, 4.69) is 15.0 Å². The third-order valence-corrected chi connectivity index (χ3v) is 5.17. The van der Waals surface area contributed by atoms with Gasteiger partial charge in [0.05, 0.1) is 25.5 Å². The van der Waals surface area contributed by atoms with Crippen LogP contribution in [0.1, 0.15) is 6.92 Å². The molecule has 0 aromatic carbocycles. The van der Waals surface area contributed by atoms with Crippen molar-refractivity contribution in [2.45, 2.75) is 13.0 Å². The second-order valence-corrected chi connectivity index (χ2v) is 7.30. The molecule has 10 nitrogen and oxygen atoms in total. The lowest BCUT2D eigenvalue weighted by molar-refractivity contribution is 0.0277. The van der Waals surface area contributed by atoms with Crippen molar-refractivity contribution in [3.05, 3.63) is 36.8 Å². The van der Waals surface area contributed by atoms with E-state index in [4.69, 9.17) is 19.2 Å². The number of aromatic nitrogens is 4. The number of anilines is 1. The van der Waals surface area contributed by atoms with Crippen LogP contribution >= 0.6 is 0 Å². The van der Waals surface area contributed by atoms with Crippen LogP contribution in [0.25, 0.3) is 16.8 Å². The van der Waals surface area contributed by atoms with Gasteiger partial charge in [-0.05, 0) is 25.1 Å². The summed E-state index contributed by atoms with van der Waals surface area (Å²) >= 11 is 0. The minimum Gasteiger partial charge on any atom is -0.481 e. The molecule has 10 heteroatoms. The normalized spacial score (nSPS) is 15.2. The molecule has 1 unspecified atom stereocenters. The molecule has 1 atom stereocenters. The Morgan fingerprint density at radius 3 is 2.71 bits per heavy atom. The summed E-state index contributed by atoms with van der Waals surface area (Å²) in [5.41, 5.74) is 2.41. The van der Waals surface area contributed by atoms with Crippen LogP contribution in [0.3, 0.4) is 0 Å². The Morgan fingerprint density at radius 1 is 1.16 bits per heavy atom. The first-order valence-electron chi connectivity index (χ1n) is 10.1. The number of ether oxygens (including phenoxy) is 3. The zero-order valence-electron chi connectivity index (χ0n) is 17.9. The third kappa shape index (κ3) is 4.38. The minimum absolute atomic E-state index is 0.274. The van der Waals surface area contributed by atoms with Crippen molar-refractivity contribution in [1.82, 2.24) is 24.5 Å². The number of fused-ring (bicyclic) bond motifs is 1. The van der Waals surface area contributed by atoms with E-state index in [1.165, 1.54) is 0 Å². The van der Waals surface area contributed by atoms with Gasteiger partial charge in [-0.2, -0.15) is 5.10 Å². The number of hydrogen-bond acceptors (Lipinski definition) is 8. The van der Waals surface area contributed by atoms with Gasteiger partial charge >= 0.3 is 6.09 Å². The fourth-order valence-electron chi connectivity index (χ4n) is 3.62. The zero-order chi connectivity index (χ0) is 21.8. The fourth-order valence-corrected chi connectivity index (χ4v) is 3.62. The molecular formula is C21H26N6O4. The maximum atomic E-state index is 12.3. The van der Waals surface area contributed by atoms with E-state index in [-0.39, 0.29) is 12.2 Å². The summed E-state index contributed by atoms with van der Waals surface area (Å²) in [6, 6.07) is 5.72. The smallest absolute Gasteiger partial charge is 0.410 e. The second kappa shape index (κ2) is 9.17. The van der Waals surface area contributed by atoms with Gasteiger partial charge in [-0.15, -0.1) is 0 Å². The van der Waals surface area contributed by atoms with Crippen LogP contribution in [0, 0.1) is 0 Å². The summed E-state index contributed by atoms with van der Waals surface area (Å²) in [6.07, 6.45) is 4.75. The summed E-state index contributed by atoms with van der Waals surface area (Å²) < 4.78 is 17.6. The van der Waals surface area contributed by atoms with Crippen molar-refractivity contribution in [3.63, 3.8) is 0 Å². The summed E-state index contributed by atoms with van der Waals surface area (Å²) in [5, 5.41) is 4.41. The lowest BCUT2D eigenvalue weighted by Crippen LogP contribution is -2.49. The lowest BCUT2D eigenvalue weighted by atomic mass is 10.1. The molecule has 0 saturated carbocycles. The molecular weight excluding hydrogens is 400 g/mol. The fraction of sp³-hybridized carbons (Fsp3) is 0.429. The molecule has 164 valence electrons. The number of methoxy groups -OCH3 is 2. The first kappa shape index (κ1) is 20.9. The van der Waals surface area contributed by atoms with Crippen molar-refractivity contribution >= 4 is 17.6 Å². The van der Waals surface area contributed by atoms with Crippen LogP contribution in [-0.4, -0.2) is 83.7 Å². The first-order chi connectivity index (χ1) is 15.1. The standard InChI is InChI=1S/C21H26N6O4/c1-15(14-29-2)31-21(28)26-11-9-25(10-12-26)18-6-8-27-19(24-18)17(13-23-27)16-5-4-7-22-20(16)30-3/h4-8,13,15H,9-12,14H2,1-3H3. The quantitative estimate of drug-likeness (QED) is 0.592. The monoisotopic (exact) mass is 426 g/mol. The highest BCUT2D eigenvalue weighted by atomic mass is 16.6. The zero-order valence-corrected chi connectivity index (χ0v) is 17.9. The predicted molar refractivity (Wildman–Crippen MR) is 114 cm³/mol. The summed E-state index contributed by atoms with van der Waals surface area (Å²) in [5.74, 6) is 1.36. The molecule has 31 heavy (non-hydrogen) atoms. The maximum absolute atomic E-state index is 12.3. The van der Waals surface area contributed by atoms with Crippen molar-refractivity contribution in [1.29, 1.82) is 0 Å². The van der Waals surface area contributed by atoms with E-state index < -0.39 is 0 Å². The molecule has 0 radical (unpaired) electrons. The van der Waals surface area contributed by atoms with Gasteiger partial charge in [0.25, 0.3) is 0 Å². The Labute approximate surface area is 180 Å². The maximum Gasteiger partial charge on any atom is 0.410 e. The van der Waals surface area contributed by atoms with Gasteiger partial charge < -0.3 is 24.0 Å². The van der Waals surface area contributed by atoms with Crippen molar-refractivity contribution < 1.29 is 19.0 Å². The average Bonchev–Trinajstić information content (AvgIpc) is 3.22. The number of hydrogen-bond donors (Lipinski definition) is 0. The Bertz CT molecular complexity index is 1050. The minimum atomic E-state index is -0.311. The molecule has 3 aromatic rings. The molecule has 4 heterocycles. The number of piperazine rings is 1. The molecule has 4 rings (SSSR count).